The number of fused-ring (bicyclic) bond motifs is 1. The fourth-order valence-electron chi connectivity index (χ4n) is 3.43. The van der Waals surface area contributed by atoms with Crippen molar-refractivity contribution in [2.45, 2.75) is 31.1 Å². The Hall–Kier alpha value is -2.34. The summed E-state index contributed by atoms with van der Waals surface area (Å²) in [6.45, 7) is 1.10. The summed E-state index contributed by atoms with van der Waals surface area (Å²) >= 11 is 0. The second kappa shape index (κ2) is 6.04. The van der Waals surface area contributed by atoms with E-state index in [0.29, 0.717) is 18.9 Å². The number of furan rings is 1. The Balaban J connectivity index is 1.49. The van der Waals surface area contributed by atoms with Gasteiger partial charge in [-0.3, -0.25) is 9.78 Å². The van der Waals surface area contributed by atoms with Crippen LogP contribution in [0.3, 0.4) is 0 Å². The lowest BCUT2D eigenvalue weighted by Crippen LogP contribution is -2.54. The minimum Gasteiger partial charge on any atom is -0.486 e. The zero-order valence-corrected chi connectivity index (χ0v) is 12.6. The summed E-state index contributed by atoms with van der Waals surface area (Å²) in [5, 5.41) is 0. The van der Waals surface area contributed by atoms with Gasteiger partial charge in [-0.05, 0) is 37.1 Å². The van der Waals surface area contributed by atoms with E-state index in [-0.39, 0.29) is 24.2 Å². The van der Waals surface area contributed by atoms with Crippen molar-refractivity contribution in [1.29, 1.82) is 0 Å². The van der Waals surface area contributed by atoms with Gasteiger partial charge in [0.15, 0.2) is 5.76 Å². The van der Waals surface area contributed by atoms with Gasteiger partial charge in [0.05, 0.1) is 25.1 Å². The molecule has 23 heavy (non-hydrogen) atoms. The van der Waals surface area contributed by atoms with Gasteiger partial charge >= 0.3 is 0 Å². The molecule has 1 amide bonds. The van der Waals surface area contributed by atoms with E-state index in [4.69, 9.17) is 13.9 Å². The molecule has 0 aromatic carbocycles. The molecule has 2 aliphatic rings. The first-order valence-corrected chi connectivity index (χ1v) is 7.86. The molecule has 0 radical (unpaired) electrons. The molecule has 1 saturated carbocycles. The molecule has 1 aliphatic carbocycles. The van der Waals surface area contributed by atoms with Crippen molar-refractivity contribution in [1.82, 2.24) is 9.88 Å². The average Bonchev–Trinajstić information content (AvgIpc) is 3.25. The monoisotopic (exact) mass is 314 g/mol. The number of nitrogens with zero attached hydrogens (tertiary/aromatic N) is 2. The maximum Gasteiger partial charge on any atom is 0.289 e. The van der Waals surface area contributed by atoms with Crippen molar-refractivity contribution in [3.05, 3.63) is 48.7 Å². The largest absolute Gasteiger partial charge is 0.486 e. The van der Waals surface area contributed by atoms with E-state index in [1.165, 1.54) is 6.26 Å². The first-order valence-electron chi connectivity index (χ1n) is 7.86. The van der Waals surface area contributed by atoms with E-state index < -0.39 is 0 Å². The zero-order valence-electron chi connectivity index (χ0n) is 12.6. The van der Waals surface area contributed by atoms with Crippen molar-refractivity contribution in [2.75, 3.05) is 13.2 Å². The van der Waals surface area contributed by atoms with Crippen LogP contribution in [0.5, 0.6) is 5.75 Å². The molecule has 1 saturated heterocycles. The SMILES string of the molecule is O=C(c1ccco1)N1CCO[C@H]2[C@H]1CC[C@H]2Oc1cccnc1. The van der Waals surface area contributed by atoms with Crippen LogP contribution < -0.4 is 4.74 Å². The summed E-state index contributed by atoms with van der Waals surface area (Å²) in [4.78, 5) is 18.5. The smallest absolute Gasteiger partial charge is 0.289 e. The quantitative estimate of drug-likeness (QED) is 0.868. The predicted octanol–water partition coefficient (Wildman–Crippen LogP) is 2.13. The Morgan fingerprint density at radius 3 is 3.04 bits per heavy atom. The summed E-state index contributed by atoms with van der Waals surface area (Å²) in [5.41, 5.74) is 0. The van der Waals surface area contributed by atoms with Gasteiger partial charge in [-0.25, -0.2) is 0 Å². The van der Waals surface area contributed by atoms with Crippen molar-refractivity contribution < 1.29 is 18.7 Å². The van der Waals surface area contributed by atoms with Gasteiger partial charge in [-0.1, -0.05) is 0 Å². The fourth-order valence-corrected chi connectivity index (χ4v) is 3.43. The Bertz CT molecular complexity index is 658. The van der Waals surface area contributed by atoms with Gasteiger partial charge in [-0.15, -0.1) is 0 Å². The highest BCUT2D eigenvalue weighted by Gasteiger charge is 2.46. The van der Waals surface area contributed by atoms with Crippen molar-refractivity contribution in [2.24, 2.45) is 0 Å². The van der Waals surface area contributed by atoms with Crippen molar-refractivity contribution in [3.63, 3.8) is 0 Å². The lowest BCUT2D eigenvalue weighted by molar-refractivity contribution is -0.0792. The van der Waals surface area contributed by atoms with Gasteiger partial charge in [0.2, 0.25) is 0 Å². The third-order valence-electron chi connectivity index (χ3n) is 4.45. The number of aromatic nitrogens is 1. The standard InChI is InChI=1S/C17H18N2O4/c20-17(15-4-2-9-21-15)19-8-10-22-16-13(19)5-6-14(16)23-12-3-1-7-18-11-12/h1-4,7,9,11,13-14,16H,5-6,8,10H2/t13-,14-,16+/m1/s1. The van der Waals surface area contributed by atoms with Crippen LogP contribution in [-0.2, 0) is 4.74 Å². The molecule has 0 N–H and O–H groups in total. The molecule has 0 unspecified atom stereocenters. The van der Waals surface area contributed by atoms with Gasteiger partial charge in [0.1, 0.15) is 18.0 Å². The first-order chi connectivity index (χ1) is 11.3. The maximum atomic E-state index is 12.6. The van der Waals surface area contributed by atoms with Crippen LogP contribution >= 0.6 is 0 Å². The highest BCUT2D eigenvalue weighted by molar-refractivity contribution is 5.91. The van der Waals surface area contributed by atoms with Crippen molar-refractivity contribution >= 4 is 5.91 Å². The van der Waals surface area contributed by atoms with E-state index in [1.807, 2.05) is 17.0 Å². The summed E-state index contributed by atoms with van der Waals surface area (Å²) in [7, 11) is 0. The number of amides is 1. The molecule has 3 heterocycles. The van der Waals surface area contributed by atoms with Crippen LogP contribution in [-0.4, -0.2) is 47.2 Å². The molecule has 0 spiro atoms. The lowest BCUT2D eigenvalue weighted by atomic mass is 10.1. The average molecular weight is 314 g/mol. The third-order valence-corrected chi connectivity index (χ3v) is 4.45. The van der Waals surface area contributed by atoms with Crippen LogP contribution in [0.15, 0.2) is 47.3 Å². The Kier molecular flexibility index (Phi) is 3.75. The van der Waals surface area contributed by atoms with Gasteiger partial charge in [0.25, 0.3) is 5.91 Å². The lowest BCUT2D eigenvalue weighted by Gasteiger charge is -2.38. The molecule has 2 aromatic rings. The number of carbonyl (C=O) groups excluding carboxylic acids is 1. The van der Waals surface area contributed by atoms with Gasteiger partial charge in [-0.2, -0.15) is 0 Å². The number of hydrogen-bond acceptors (Lipinski definition) is 5. The molecule has 6 nitrogen and oxygen atoms in total. The van der Waals surface area contributed by atoms with Crippen LogP contribution in [0.25, 0.3) is 0 Å². The maximum absolute atomic E-state index is 12.6. The van der Waals surface area contributed by atoms with Crippen LogP contribution in [0.1, 0.15) is 23.4 Å². The summed E-state index contributed by atoms with van der Waals surface area (Å²) in [6.07, 6.45) is 6.48. The molecule has 6 heteroatoms. The minimum absolute atomic E-state index is 0.0306. The second-order valence-corrected chi connectivity index (χ2v) is 5.80. The summed E-state index contributed by atoms with van der Waals surface area (Å²) < 4.78 is 17.2. The van der Waals surface area contributed by atoms with E-state index in [1.54, 1.807) is 24.5 Å². The molecule has 2 fully saturated rings. The Labute approximate surface area is 134 Å². The fraction of sp³-hybridized carbons (Fsp3) is 0.412. The predicted molar refractivity (Wildman–Crippen MR) is 81.2 cm³/mol. The number of ether oxygens (including phenoxy) is 2. The number of rotatable bonds is 3. The molecular weight excluding hydrogens is 296 g/mol. The second-order valence-electron chi connectivity index (χ2n) is 5.80. The summed E-state index contributed by atoms with van der Waals surface area (Å²) in [5.74, 6) is 1.04. The molecule has 2 aromatic heterocycles. The Morgan fingerprint density at radius 1 is 1.30 bits per heavy atom. The molecule has 4 rings (SSSR count). The van der Waals surface area contributed by atoms with Gasteiger partial charge < -0.3 is 18.8 Å². The highest BCUT2D eigenvalue weighted by Crippen LogP contribution is 2.33. The zero-order chi connectivity index (χ0) is 15.6. The van der Waals surface area contributed by atoms with E-state index in [0.717, 1.165) is 18.6 Å². The minimum atomic E-state index is -0.108. The third kappa shape index (κ3) is 2.70. The molecular formula is C17H18N2O4. The van der Waals surface area contributed by atoms with E-state index >= 15 is 0 Å². The molecule has 120 valence electrons. The number of pyridine rings is 1. The Morgan fingerprint density at radius 2 is 2.26 bits per heavy atom. The molecule has 1 aliphatic heterocycles. The topological polar surface area (TPSA) is 64.8 Å². The molecule has 0 bridgehead atoms. The normalized spacial score (nSPS) is 26.8. The first kappa shape index (κ1) is 14.3. The summed E-state index contributed by atoms with van der Waals surface area (Å²) in [6, 6.07) is 7.19. The molecule has 3 atom stereocenters. The van der Waals surface area contributed by atoms with Crippen LogP contribution in [0.4, 0.5) is 0 Å². The van der Waals surface area contributed by atoms with Crippen LogP contribution in [0, 0.1) is 0 Å². The number of carbonyl (C=O) groups is 1. The van der Waals surface area contributed by atoms with Crippen molar-refractivity contribution in [3.8, 4) is 5.75 Å². The van der Waals surface area contributed by atoms with E-state index in [2.05, 4.69) is 4.98 Å². The van der Waals surface area contributed by atoms with E-state index in [9.17, 15) is 4.79 Å². The highest BCUT2D eigenvalue weighted by atomic mass is 16.5. The number of hydrogen-bond donors (Lipinski definition) is 0. The number of morpholine rings is 1. The van der Waals surface area contributed by atoms with Gasteiger partial charge in [0, 0.05) is 12.7 Å². The van der Waals surface area contributed by atoms with Crippen LogP contribution in [0.2, 0.25) is 0 Å².